The van der Waals surface area contributed by atoms with E-state index in [0.29, 0.717) is 0 Å². The maximum absolute atomic E-state index is 5.38. The average Bonchev–Trinajstić information content (AvgIpc) is 2.68. The first-order valence-electron chi connectivity index (χ1n) is 6.59. The van der Waals surface area contributed by atoms with Gasteiger partial charge in [-0.2, -0.15) is 5.10 Å². The monoisotopic (exact) mass is 333 g/mol. The van der Waals surface area contributed by atoms with Crippen LogP contribution in [0, 0.1) is 6.92 Å². The normalized spacial score (nSPS) is 13.2. The van der Waals surface area contributed by atoms with E-state index in [0.717, 1.165) is 29.7 Å². The predicted octanol–water partition coefficient (Wildman–Crippen LogP) is 2.11. The molecule has 1 heterocycles. The molecule has 0 saturated carbocycles. The minimum atomic E-state index is -0.271. The van der Waals surface area contributed by atoms with Crippen LogP contribution in [0.5, 0.6) is 0 Å². The first-order chi connectivity index (χ1) is 9.08. The van der Waals surface area contributed by atoms with E-state index in [1.165, 1.54) is 5.69 Å². The molecule has 19 heavy (non-hydrogen) atoms. The van der Waals surface area contributed by atoms with Crippen LogP contribution >= 0.6 is 15.9 Å². The molecule has 0 aliphatic heterocycles. The molecule has 0 bridgehead atoms. The first kappa shape index (κ1) is 16.6. The van der Waals surface area contributed by atoms with Crippen molar-refractivity contribution >= 4 is 15.9 Å². The number of methoxy groups -OCH3 is 2. The summed E-state index contributed by atoms with van der Waals surface area (Å²) in [5, 5.41) is 7.92. The smallest absolute Gasteiger partial charge is 0.172 e. The van der Waals surface area contributed by atoms with Gasteiger partial charge in [0.25, 0.3) is 0 Å². The molecule has 1 aromatic rings. The lowest BCUT2D eigenvalue weighted by Gasteiger charge is -2.25. The Hall–Kier alpha value is -0.430. The quantitative estimate of drug-likeness (QED) is 0.740. The highest BCUT2D eigenvalue weighted by atomic mass is 79.9. The van der Waals surface area contributed by atoms with Gasteiger partial charge >= 0.3 is 0 Å². The standard InChI is InChI=1S/C13H24BrN3O2/c1-6-15-10(13(18-4)19-5)8-11-12(14)9(3)16-17(11)7-2/h10,13,15H,6-8H2,1-5H3. The van der Waals surface area contributed by atoms with Crippen molar-refractivity contribution in [1.29, 1.82) is 0 Å². The number of aryl methyl sites for hydroxylation is 2. The lowest BCUT2D eigenvalue weighted by molar-refractivity contribution is -0.122. The molecule has 6 heteroatoms. The van der Waals surface area contributed by atoms with Crippen molar-refractivity contribution in [3.63, 3.8) is 0 Å². The van der Waals surface area contributed by atoms with Crippen molar-refractivity contribution in [2.24, 2.45) is 0 Å². The largest absolute Gasteiger partial charge is 0.354 e. The fraction of sp³-hybridized carbons (Fsp3) is 0.769. The van der Waals surface area contributed by atoms with Crippen molar-refractivity contribution in [2.45, 2.75) is 46.1 Å². The van der Waals surface area contributed by atoms with Gasteiger partial charge in [0.05, 0.1) is 21.9 Å². The Bertz CT molecular complexity index is 391. The van der Waals surface area contributed by atoms with Gasteiger partial charge in [0.1, 0.15) is 0 Å². The highest BCUT2D eigenvalue weighted by Crippen LogP contribution is 2.23. The first-order valence-corrected chi connectivity index (χ1v) is 7.38. The molecule has 1 rings (SSSR count). The van der Waals surface area contributed by atoms with Gasteiger partial charge in [-0.15, -0.1) is 0 Å². The summed E-state index contributed by atoms with van der Waals surface area (Å²) >= 11 is 3.62. The summed E-state index contributed by atoms with van der Waals surface area (Å²) in [6.07, 6.45) is 0.530. The van der Waals surface area contributed by atoms with Gasteiger partial charge in [0.2, 0.25) is 0 Å². The van der Waals surface area contributed by atoms with E-state index in [1.54, 1.807) is 14.2 Å². The van der Waals surface area contributed by atoms with Gasteiger partial charge in [-0.25, -0.2) is 0 Å². The van der Waals surface area contributed by atoms with Crippen LogP contribution in [0.4, 0.5) is 0 Å². The van der Waals surface area contributed by atoms with Crippen LogP contribution in [-0.2, 0) is 22.4 Å². The van der Waals surface area contributed by atoms with Crippen LogP contribution < -0.4 is 5.32 Å². The molecule has 1 unspecified atom stereocenters. The summed E-state index contributed by atoms with van der Waals surface area (Å²) in [6, 6.07) is 0.0951. The molecule has 1 N–H and O–H groups in total. The van der Waals surface area contributed by atoms with Crippen molar-refractivity contribution in [3.8, 4) is 0 Å². The molecule has 0 radical (unpaired) electrons. The predicted molar refractivity (Wildman–Crippen MR) is 79.3 cm³/mol. The minimum Gasteiger partial charge on any atom is -0.354 e. The molecule has 0 saturated heterocycles. The third-order valence-electron chi connectivity index (χ3n) is 3.13. The second kappa shape index (κ2) is 7.99. The molecule has 0 fully saturated rings. The number of hydrogen-bond donors (Lipinski definition) is 1. The molecule has 0 aliphatic carbocycles. The Morgan fingerprint density at radius 2 is 1.95 bits per heavy atom. The number of ether oxygens (including phenoxy) is 2. The van der Waals surface area contributed by atoms with Crippen molar-refractivity contribution in [1.82, 2.24) is 15.1 Å². The second-order valence-electron chi connectivity index (χ2n) is 4.37. The van der Waals surface area contributed by atoms with Crippen LogP contribution in [0.1, 0.15) is 25.2 Å². The zero-order valence-corrected chi connectivity index (χ0v) is 14.0. The molecule has 0 aliphatic rings. The number of aromatic nitrogens is 2. The number of hydrogen-bond acceptors (Lipinski definition) is 4. The molecule has 1 atom stereocenters. The zero-order valence-electron chi connectivity index (χ0n) is 12.4. The van der Waals surface area contributed by atoms with Crippen LogP contribution in [-0.4, -0.2) is 42.9 Å². The molecule has 0 amide bonds. The van der Waals surface area contributed by atoms with E-state index < -0.39 is 0 Å². The van der Waals surface area contributed by atoms with Crippen molar-refractivity contribution in [3.05, 3.63) is 15.9 Å². The summed E-state index contributed by atoms with van der Waals surface area (Å²) in [7, 11) is 3.33. The van der Waals surface area contributed by atoms with Gasteiger partial charge < -0.3 is 14.8 Å². The van der Waals surface area contributed by atoms with Crippen LogP contribution in [0.15, 0.2) is 4.47 Å². The Labute approximate surface area is 123 Å². The lowest BCUT2D eigenvalue weighted by Crippen LogP contribution is -2.44. The fourth-order valence-electron chi connectivity index (χ4n) is 2.22. The van der Waals surface area contributed by atoms with Gasteiger partial charge in [-0.05, 0) is 36.3 Å². The van der Waals surface area contributed by atoms with E-state index in [4.69, 9.17) is 9.47 Å². The number of halogens is 1. The Kier molecular flexibility index (Phi) is 6.99. The summed E-state index contributed by atoms with van der Waals surface area (Å²) < 4.78 is 13.8. The highest BCUT2D eigenvalue weighted by Gasteiger charge is 2.24. The lowest BCUT2D eigenvalue weighted by atomic mass is 10.1. The Balaban J connectivity index is 2.95. The van der Waals surface area contributed by atoms with E-state index in [9.17, 15) is 0 Å². The third kappa shape index (κ3) is 4.02. The summed E-state index contributed by atoms with van der Waals surface area (Å²) in [6.45, 7) is 7.89. The topological polar surface area (TPSA) is 48.3 Å². The number of likely N-dealkylation sites (N-methyl/N-ethyl adjacent to an activating group) is 1. The van der Waals surface area contributed by atoms with Crippen LogP contribution in [0.2, 0.25) is 0 Å². The molecule has 110 valence electrons. The van der Waals surface area contributed by atoms with E-state index >= 15 is 0 Å². The maximum atomic E-state index is 5.38. The van der Waals surface area contributed by atoms with Gasteiger partial charge in [-0.3, -0.25) is 4.68 Å². The number of rotatable bonds is 8. The Morgan fingerprint density at radius 3 is 2.42 bits per heavy atom. The molecular weight excluding hydrogens is 310 g/mol. The molecule has 5 nitrogen and oxygen atoms in total. The molecule has 0 aromatic carbocycles. The highest BCUT2D eigenvalue weighted by molar-refractivity contribution is 9.10. The van der Waals surface area contributed by atoms with E-state index in [2.05, 4.69) is 40.2 Å². The fourth-order valence-corrected chi connectivity index (χ4v) is 2.67. The minimum absolute atomic E-state index is 0.0951. The second-order valence-corrected chi connectivity index (χ2v) is 5.16. The third-order valence-corrected chi connectivity index (χ3v) is 4.16. The summed E-state index contributed by atoms with van der Waals surface area (Å²) in [4.78, 5) is 0. The van der Waals surface area contributed by atoms with Gasteiger partial charge in [0, 0.05) is 27.2 Å². The van der Waals surface area contributed by atoms with Crippen LogP contribution in [0.25, 0.3) is 0 Å². The Morgan fingerprint density at radius 1 is 1.32 bits per heavy atom. The summed E-state index contributed by atoms with van der Waals surface area (Å²) in [5.74, 6) is 0. The molecule has 0 spiro atoms. The molecule has 1 aromatic heterocycles. The van der Waals surface area contributed by atoms with E-state index in [1.807, 2.05) is 11.6 Å². The number of nitrogens with zero attached hydrogens (tertiary/aromatic N) is 2. The average molecular weight is 334 g/mol. The van der Waals surface area contributed by atoms with Gasteiger partial charge in [0.15, 0.2) is 6.29 Å². The van der Waals surface area contributed by atoms with Crippen molar-refractivity contribution < 1.29 is 9.47 Å². The SMILES string of the molecule is CCNC(Cc1c(Br)c(C)nn1CC)C(OC)OC. The maximum Gasteiger partial charge on any atom is 0.172 e. The van der Waals surface area contributed by atoms with E-state index in [-0.39, 0.29) is 12.3 Å². The molecular formula is C13H24BrN3O2. The van der Waals surface area contributed by atoms with Gasteiger partial charge in [-0.1, -0.05) is 6.92 Å². The number of nitrogens with one attached hydrogen (secondary N) is 1. The van der Waals surface area contributed by atoms with Crippen molar-refractivity contribution in [2.75, 3.05) is 20.8 Å². The summed E-state index contributed by atoms with van der Waals surface area (Å²) in [5.41, 5.74) is 2.18. The van der Waals surface area contributed by atoms with Crippen LogP contribution in [0.3, 0.4) is 0 Å². The zero-order chi connectivity index (χ0) is 14.4.